The Morgan fingerprint density at radius 2 is 1.80 bits per heavy atom. The van der Waals surface area contributed by atoms with Crippen LogP contribution in [0.15, 0.2) is 48.5 Å². The zero-order valence-electron chi connectivity index (χ0n) is 13.2. The Hall–Kier alpha value is -2.57. The van der Waals surface area contributed by atoms with Crippen LogP contribution in [0.25, 0.3) is 0 Å². The van der Waals surface area contributed by atoms with Gasteiger partial charge in [-0.15, -0.1) is 0 Å². The minimum atomic E-state index is -4.85. The first-order valence-electron chi connectivity index (χ1n) is 7.64. The Labute approximate surface area is 142 Å². The molecule has 2 N–H and O–H groups in total. The second-order valence-corrected chi connectivity index (χ2v) is 5.53. The molecule has 25 heavy (non-hydrogen) atoms. The molecule has 1 unspecified atom stereocenters. The fourth-order valence-corrected chi connectivity index (χ4v) is 2.35. The monoisotopic (exact) mass is 355 g/mol. The molecule has 0 aromatic heterocycles. The molecule has 7 heteroatoms. The third-order valence-electron chi connectivity index (χ3n) is 3.61. The van der Waals surface area contributed by atoms with Gasteiger partial charge >= 0.3 is 6.18 Å². The third-order valence-corrected chi connectivity index (χ3v) is 3.61. The van der Waals surface area contributed by atoms with Crippen LogP contribution in [0.5, 0.6) is 5.75 Å². The molecule has 134 valence electrons. The van der Waals surface area contributed by atoms with Gasteiger partial charge in [0.1, 0.15) is 11.6 Å². The van der Waals surface area contributed by atoms with Gasteiger partial charge in [0, 0.05) is 0 Å². The number of alkyl halides is 3. The van der Waals surface area contributed by atoms with Gasteiger partial charge < -0.3 is 10.5 Å². The highest BCUT2D eigenvalue weighted by Crippen LogP contribution is 2.34. The normalized spacial score (nSPS) is 12.6. The average molecular weight is 355 g/mol. The second-order valence-electron chi connectivity index (χ2n) is 5.53. The molecule has 1 amide bonds. The van der Waals surface area contributed by atoms with Crippen molar-refractivity contribution in [3.63, 3.8) is 0 Å². The topological polar surface area (TPSA) is 52.3 Å². The van der Waals surface area contributed by atoms with Crippen LogP contribution < -0.4 is 10.5 Å². The van der Waals surface area contributed by atoms with Gasteiger partial charge in [0.2, 0.25) is 0 Å². The minimum absolute atomic E-state index is 0.239. The third kappa shape index (κ3) is 5.48. The Kier molecular flexibility index (Phi) is 6.01. The van der Waals surface area contributed by atoms with E-state index in [1.165, 1.54) is 0 Å². The number of halogens is 4. The zero-order valence-corrected chi connectivity index (χ0v) is 13.2. The summed E-state index contributed by atoms with van der Waals surface area (Å²) in [7, 11) is 0. The van der Waals surface area contributed by atoms with Gasteiger partial charge in [0.25, 0.3) is 5.91 Å². The highest BCUT2D eigenvalue weighted by Gasteiger charge is 2.34. The van der Waals surface area contributed by atoms with Gasteiger partial charge in [-0.1, -0.05) is 30.3 Å². The Bertz CT molecular complexity index is 717. The molecular formula is C18H17F4NO2. The van der Waals surface area contributed by atoms with Crippen molar-refractivity contribution in [1.82, 2.24) is 0 Å². The lowest BCUT2D eigenvalue weighted by Crippen LogP contribution is -2.33. The quantitative estimate of drug-likeness (QED) is 0.760. The lowest BCUT2D eigenvalue weighted by molar-refractivity contribution is -0.140. The van der Waals surface area contributed by atoms with Crippen molar-refractivity contribution in [3.8, 4) is 5.75 Å². The summed E-state index contributed by atoms with van der Waals surface area (Å²) < 4.78 is 56.7. The lowest BCUT2D eigenvalue weighted by Gasteiger charge is -2.17. The number of nitrogens with two attached hydrogens (primary N) is 1. The molecule has 0 bridgehead atoms. The summed E-state index contributed by atoms with van der Waals surface area (Å²) in [6.45, 7) is 0. The van der Waals surface area contributed by atoms with Crippen molar-refractivity contribution < 1.29 is 27.1 Å². The highest BCUT2D eigenvalue weighted by molar-refractivity contribution is 5.79. The highest BCUT2D eigenvalue weighted by atomic mass is 19.4. The number of carbonyl (C=O) groups excluding carboxylic acids is 1. The molecule has 0 spiro atoms. The number of aryl methyl sites for hydroxylation is 1. The van der Waals surface area contributed by atoms with E-state index in [4.69, 9.17) is 10.5 Å². The molecule has 0 fully saturated rings. The Balaban J connectivity index is 2.03. The summed E-state index contributed by atoms with van der Waals surface area (Å²) in [5.74, 6) is -2.44. The van der Waals surface area contributed by atoms with Crippen molar-refractivity contribution in [3.05, 3.63) is 65.5 Å². The second kappa shape index (κ2) is 8.00. The number of benzene rings is 2. The number of primary amides is 1. The fourth-order valence-electron chi connectivity index (χ4n) is 2.35. The van der Waals surface area contributed by atoms with Crippen LogP contribution in [0.2, 0.25) is 0 Å². The first-order chi connectivity index (χ1) is 11.8. The standard InChI is InChI=1S/C18H17F4NO2/c19-15-10-9-13(11-14(15)18(20,21)22)25-16(17(23)24)8-4-7-12-5-2-1-3-6-12/h1-3,5-6,9-11,16H,4,7-8H2,(H2,23,24). The van der Waals surface area contributed by atoms with Crippen LogP contribution in [0.1, 0.15) is 24.0 Å². The predicted molar refractivity (Wildman–Crippen MR) is 84.4 cm³/mol. The largest absolute Gasteiger partial charge is 0.481 e. The fraction of sp³-hybridized carbons (Fsp3) is 0.278. The molecule has 0 saturated heterocycles. The van der Waals surface area contributed by atoms with Crippen molar-refractivity contribution in [2.75, 3.05) is 0 Å². The van der Waals surface area contributed by atoms with E-state index in [1.807, 2.05) is 30.3 Å². The predicted octanol–water partition coefficient (Wildman–Crippen LogP) is 4.10. The van der Waals surface area contributed by atoms with E-state index in [2.05, 4.69) is 0 Å². The van der Waals surface area contributed by atoms with E-state index in [-0.39, 0.29) is 12.2 Å². The van der Waals surface area contributed by atoms with Crippen LogP contribution in [-0.4, -0.2) is 12.0 Å². The number of rotatable bonds is 7. The maximum absolute atomic E-state index is 13.3. The van der Waals surface area contributed by atoms with Crippen molar-refractivity contribution in [2.24, 2.45) is 5.73 Å². The Morgan fingerprint density at radius 1 is 1.12 bits per heavy atom. The van der Waals surface area contributed by atoms with Crippen molar-refractivity contribution in [1.29, 1.82) is 0 Å². The van der Waals surface area contributed by atoms with Gasteiger partial charge in [0.05, 0.1) is 5.56 Å². The number of carbonyl (C=O) groups is 1. The smallest absolute Gasteiger partial charge is 0.419 e. The van der Waals surface area contributed by atoms with Crippen molar-refractivity contribution >= 4 is 5.91 Å². The molecular weight excluding hydrogens is 338 g/mol. The van der Waals surface area contributed by atoms with Crippen molar-refractivity contribution in [2.45, 2.75) is 31.5 Å². The van der Waals surface area contributed by atoms with Gasteiger partial charge in [-0.3, -0.25) is 4.79 Å². The molecule has 0 aliphatic rings. The first kappa shape index (κ1) is 18.8. The SMILES string of the molecule is NC(=O)C(CCCc1ccccc1)Oc1ccc(F)c(C(F)(F)F)c1. The molecule has 0 saturated carbocycles. The summed E-state index contributed by atoms with van der Waals surface area (Å²) in [6, 6.07) is 11.7. The summed E-state index contributed by atoms with van der Waals surface area (Å²) in [5.41, 5.74) is 4.87. The van der Waals surface area contributed by atoms with E-state index >= 15 is 0 Å². The van der Waals surface area contributed by atoms with Gasteiger partial charge in [-0.25, -0.2) is 4.39 Å². The number of hydrogen-bond donors (Lipinski definition) is 1. The molecule has 0 aliphatic carbocycles. The first-order valence-corrected chi connectivity index (χ1v) is 7.64. The lowest BCUT2D eigenvalue weighted by atomic mass is 10.1. The molecule has 2 rings (SSSR count). The maximum atomic E-state index is 13.3. The van der Waals surface area contributed by atoms with Gasteiger partial charge in [0.15, 0.2) is 6.10 Å². The van der Waals surface area contributed by atoms with Crippen LogP contribution in [-0.2, 0) is 17.4 Å². The van der Waals surface area contributed by atoms with E-state index in [0.29, 0.717) is 25.0 Å². The van der Waals surface area contributed by atoms with E-state index in [1.54, 1.807) is 0 Å². The van der Waals surface area contributed by atoms with Crippen LogP contribution in [0, 0.1) is 5.82 Å². The van der Waals surface area contributed by atoms with Crippen LogP contribution in [0.4, 0.5) is 17.6 Å². The van der Waals surface area contributed by atoms with Crippen LogP contribution >= 0.6 is 0 Å². The summed E-state index contributed by atoms with van der Waals surface area (Å²) in [5, 5.41) is 0. The summed E-state index contributed by atoms with van der Waals surface area (Å²) in [4.78, 5) is 11.5. The molecule has 0 heterocycles. The zero-order chi connectivity index (χ0) is 18.4. The van der Waals surface area contributed by atoms with Gasteiger partial charge in [-0.2, -0.15) is 13.2 Å². The average Bonchev–Trinajstić information content (AvgIpc) is 2.55. The molecule has 0 aliphatic heterocycles. The molecule has 2 aromatic carbocycles. The number of hydrogen-bond acceptors (Lipinski definition) is 2. The van der Waals surface area contributed by atoms with Crippen LogP contribution in [0.3, 0.4) is 0 Å². The molecule has 0 radical (unpaired) electrons. The Morgan fingerprint density at radius 3 is 2.40 bits per heavy atom. The summed E-state index contributed by atoms with van der Waals surface area (Å²) >= 11 is 0. The summed E-state index contributed by atoms with van der Waals surface area (Å²) in [6.07, 6.45) is -4.46. The molecule has 3 nitrogen and oxygen atoms in total. The van der Waals surface area contributed by atoms with E-state index in [0.717, 1.165) is 11.6 Å². The number of ether oxygens (including phenoxy) is 1. The maximum Gasteiger partial charge on any atom is 0.419 e. The molecule has 2 aromatic rings. The minimum Gasteiger partial charge on any atom is -0.481 e. The molecule has 1 atom stereocenters. The number of amides is 1. The van der Waals surface area contributed by atoms with E-state index in [9.17, 15) is 22.4 Å². The van der Waals surface area contributed by atoms with Gasteiger partial charge in [-0.05, 0) is 43.0 Å². The van der Waals surface area contributed by atoms with E-state index < -0.39 is 29.6 Å².